The largest absolute Gasteiger partial charge is 0.466 e. The van der Waals surface area contributed by atoms with Crippen LogP contribution >= 0.6 is 0 Å². The fraction of sp³-hybridized carbons (Fsp3) is 0.714. The van der Waals surface area contributed by atoms with Crippen LogP contribution in [0.3, 0.4) is 0 Å². The zero-order valence-corrected chi connectivity index (χ0v) is 9.93. The van der Waals surface area contributed by atoms with Crippen molar-refractivity contribution in [1.29, 1.82) is 0 Å². The summed E-state index contributed by atoms with van der Waals surface area (Å²) in [4.78, 5) is 12.4. The molecule has 0 heterocycles. The van der Waals surface area contributed by atoms with Gasteiger partial charge in [-0.3, -0.25) is 4.79 Å². The van der Waals surface area contributed by atoms with E-state index in [0.717, 1.165) is 6.54 Å². The number of esters is 1. The molecule has 0 saturated carbocycles. The van der Waals surface area contributed by atoms with Crippen LogP contribution in [-0.4, -0.2) is 38.1 Å². The van der Waals surface area contributed by atoms with E-state index in [-0.39, 0.29) is 33.5 Å². The average molecular weight is 328 g/mol. The molecule has 0 unspecified atom stereocenters. The molecule has 0 spiro atoms. The Morgan fingerprint density at radius 1 is 1.55 bits per heavy atom. The topological polar surface area (TPSA) is 29.5 Å². The third-order valence-electron chi connectivity index (χ3n) is 1.01. The maximum Gasteiger partial charge on any atom is 0.275 e. The van der Waals surface area contributed by atoms with E-state index in [1.807, 2.05) is 19.0 Å². The van der Waals surface area contributed by atoms with E-state index >= 15 is 0 Å². The van der Waals surface area contributed by atoms with Crippen LogP contribution in [0.4, 0.5) is 0 Å². The zero-order valence-electron chi connectivity index (χ0n) is 7.00. The first-order valence-electron chi connectivity index (χ1n) is 3.26. The number of hydrogen-bond acceptors (Lipinski definition) is 3. The van der Waals surface area contributed by atoms with Gasteiger partial charge in [0.1, 0.15) is 6.61 Å². The minimum Gasteiger partial charge on any atom is -0.466 e. The Hall–Kier alpha value is 0.118. The number of likely N-dealkylation sites (N-methyl/N-ethyl adjacent to an activating group) is 1. The monoisotopic (exact) mass is 328 g/mol. The molecule has 0 aliphatic rings. The second-order valence-electron chi connectivity index (χ2n) is 2.27. The van der Waals surface area contributed by atoms with Crippen molar-refractivity contribution < 1.29 is 30.6 Å². The van der Waals surface area contributed by atoms with E-state index < -0.39 is 0 Å². The van der Waals surface area contributed by atoms with Gasteiger partial charge in [-0.2, -0.15) is 0 Å². The average Bonchev–Trinajstić information content (AvgIpc) is 1.87. The number of nitrogens with zero attached hydrogens (tertiary/aromatic N) is 1. The molecular formula is C7H14NO2W-. The van der Waals surface area contributed by atoms with Gasteiger partial charge in [0.05, 0.1) is 0 Å². The Morgan fingerprint density at radius 2 is 2.09 bits per heavy atom. The smallest absolute Gasteiger partial charge is 0.275 e. The summed E-state index contributed by atoms with van der Waals surface area (Å²) in [5.41, 5.74) is 0. The molecule has 66 valence electrons. The Labute approximate surface area is 82.4 Å². The van der Waals surface area contributed by atoms with Crippen LogP contribution in [0, 0.1) is 6.92 Å². The first-order chi connectivity index (χ1) is 4.66. The molecule has 0 atom stereocenters. The number of carbonyl (C=O) groups excluding carboxylic acids is 1. The summed E-state index contributed by atoms with van der Waals surface area (Å²) in [6.45, 7) is 4.62. The summed E-state index contributed by atoms with van der Waals surface area (Å²) in [6.07, 6.45) is 0.216. The van der Waals surface area contributed by atoms with Crippen molar-refractivity contribution in [2.75, 3.05) is 27.2 Å². The van der Waals surface area contributed by atoms with Gasteiger partial charge in [-0.25, -0.2) is 0 Å². The molecule has 11 heavy (non-hydrogen) atoms. The maximum absolute atomic E-state index is 10.5. The maximum atomic E-state index is 10.5. The SMILES string of the molecule is [CH2-]CC(=O)OCCN(C)C.[W]. The van der Waals surface area contributed by atoms with Crippen molar-refractivity contribution >= 4 is 5.97 Å². The van der Waals surface area contributed by atoms with Gasteiger partial charge in [0.25, 0.3) is 5.97 Å². The molecule has 0 aromatic heterocycles. The second-order valence-corrected chi connectivity index (χ2v) is 2.27. The predicted molar refractivity (Wildman–Crippen MR) is 39.5 cm³/mol. The molecular weight excluding hydrogens is 314 g/mol. The Balaban J connectivity index is 0. The Bertz CT molecular complexity index is 107. The molecule has 0 aliphatic heterocycles. The predicted octanol–water partition coefficient (Wildman–Crippen LogP) is 0.313. The molecule has 4 heteroatoms. The van der Waals surface area contributed by atoms with Crippen LogP contribution in [0.25, 0.3) is 0 Å². The second kappa shape index (κ2) is 8.22. The summed E-state index contributed by atoms with van der Waals surface area (Å²) in [5.74, 6) is -0.234. The van der Waals surface area contributed by atoms with Gasteiger partial charge in [0.2, 0.25) is 0 Å². The molecule has 0 rings (SSSR count). The third-order valence-corrected chi connectivity index (χ3v) is 1.01. The van der Waals surface area contributed by atoms with Gasteiger partial charge in [0.15, 0.2) is 0 Å². The minimum atomic E-state index is -0.234. The number of ether oxygens (including phenoxy) is 1. The van der Waals surface area contributed by atoms with E-state index in [1.165, 1.54) is 0 Å². The normalized spacial score (nSPS) is 9.09. The van der Waals surface area contributed by atoms with Crippen molar-refractivity contribution in [3.63, 3.8) is 0 Å². The van der Waals surface area contributed by atoms with Crippen LogP contribution in [0.2, 0.25) is 0 Å². The van der Waals surface area contributed by atoms with E-state index in [0.29, 0.717) is 6.61 Å². The molecule has 0 amide bonds. The summed E-state index contributed by atoms with van der Waals surface area (Å²) >= 11 is 0. The fourth-order valence-corrected chi connectivity index (χ4v) is 0.414. The van der Waals surface area contributed by atoms with Crippen LogP contribution in [0.1, 0.15) is 6.42 Å². The van der Waals surface area contributed by atoms with E-state index in [2.05, 4.69) is 6.92 Å². The Morgan fingerprint density at radius 3 is 2.45 bits per heavy atom. The molecule has 0 fully saturated rings. The van der Waals surface area contributed by atoms with Crippen molar-refractivity contribution in [2.45, 2.75) is 6.42 Å². The van der Waals surface area contributed by atoms with Crippen LogP contribution in [-0.2, 0) is 30.6 Å². The summed E-state index contributed by atoms with van der Waals surface area (Å²) in [5, 5.41) is 0. The Kier molecular flexibility index (Phi) is 10.2. The van der Waals surface area contributed by atoms with Gasteiger partial charge >= 0.3 is 0 Å². The van der Waals surface area contributed by atoms with Crippen molar-refractivity contribution in [1.82, 2.24) is 4.90 Å². The number of carbonyl (C=O) groups is 1. The summed E-state index contributed by atoms with van der Waals surface area (Å²) < 4.78 is 4.76. The summed E-state index contributed by atoms with van der Waals surface area (Å²) in [6, 6.07) is 0. The minimum absolute atomic E-state index is 0. The van der Waals surface area contributed by atoms with Crippen LogP contribution in [0.5, 0.6) is 0 Å². The molecule has 0 saturated heterocycles. The van der Waals surface area contributed by atoms with Crippen molar-refractivity contribution in [2.24, 2.45) is 0 Å². The summed E-state index contributed by atoms with van der Waals surface area (Å²) in [7, 11) is 3.86. The third kappa shape index (κ3) is 10.1. The molecule has 0 aliphatic carbocycles. The van der Waals surface area contributed by atoms with Gasteiger partial charge < -0.3 is 16.6 Å². The zero-order chi connectivity index (χ0) is 7.98. The van der Waals surface area contributed by atoms with E-state index in [9.17, 15) is 4.79 Å². The van der Waals surface area contributed by atoms with Crippen molar-refractivity contribution in [3.8, 4) is 0 Å². The molecule has 0 radical (unpaired) electrons. The number of rotatable bonds is 4. The standard InChI is InChI=1S/C7H14NO2.W/c1-4-7(9)10-6-5-8(2)3;/h1,4-6H2,2-3H3;/q-1;. The molecule has 0 aromatic carbocycles. The molecule has 0 aromatic rings. The van der Waals surface area contributed by atoms with Crippen LogP contribution < -0.4 is 0 Å². The van der Waals surface area contributed by atoms with Crippen LogP contribution in [0.15, 0.2) is 0 Å². The number of hydrogen-bond donors (Lipinski definition) is 0. The fourth-order valence-electron chi connectivity index (χ4n) is 0.414. The first kappa shape index (κ1) is 13.7. The van der Waals surface area contributed by atoms with Gasteiger partial charge in [0, 0.05) is 27.6 Å². The van der Waals surface area contributed by atoms with Crippen molar-refractivity contribution in [3.05, 3.63) is 6.92 Å². The molecule has 0 N–H and O–H groups in total. The van der Waals surface area contributed by atoms with E-state index in [4.69, 9.17) is 4.74 Å². The molecule has 3 nitrogen and oxygen atoms in total. The van der Waals surface area contributed by atoms with Gasteiger partial charge in [-0.15, -0.1) is 0 Å². The van der Waals surface area contributed by atoms with Gasteiger partial charge in [-0.05, 0) is 14.1 Å². The van der Waals surface area contributed by atoms with E-state index in [1.54, 1.807) is 0 Å². The first-order valence-corrected chi connectivity index (χ1v) is 3.26. The quantitative estimate of drug-likeness (QED) is 0.550. The molecule has 0 bridgehead atoms. The van der Waals surface area contributed by atoms with Gasteiger partial charge in [-0.1, -0.05) is 6.42 Å².